The van der Waals surface area contributed by atoms with E-state index in [-0.39, 0.29) is 0 Å². The van der Waals surface area contributed by atoms with E-state index in [9.17, 15) is 0 Å². The molecule has 0 saturated heterocycles. The van der Waals surface area contributed by atoms with Gasteiger partial charge in [-0.2, -0.15) is 0 Å². The first-order valence-electron chi connectivity index (χ1n) is 43.7. The van der Waals surface area contributed by atoms with Gasteiger partial charge in [0.25, 0.3) is 0 Å². The lowest BCUT2D eigenvalue weighted by atomic mass is 9.67. The standard InChI is InChI=1S/C59H34N4OS.C59H34N4S2/c1-3-16-35(17-4-1)55-44-34-53-48(59(47-26-12-14-29-52(47)65-53)45-24-10-7-20-38(45)39-21-8-11-25-46(39)59)33-42(44)43-32-37(30-31-49(43)60-55)57-61-56(36-18-5-2-6-19-36)62-58(63-57)41-23-15-28-51-54(41)40-22-9-13-27-50(40)64-51;1-3-16-35(17-4-1)54-45-34-53-49(59(48-27-12-14-29-52(48)64-53)46-25-10-7-20-38(46)39-21-8-11-26-47(39)59)33-43(45)44-32-37(30-31-50(44)60-54)57-61-56(36-18-5-2-6-19-36)62-58(63-57)42-24-15-23-41-40-22-9-13-28-51(40)65-55(41)42/h2*1-34H. The van der Waals surface area contributed by atoms with Crippen LogP contribution in [0.1, 0.15) is 44.5 Å². The highest BCUT2D eigenvalue weighted by Crippen LogP contribution is 2.65. The quantitative estimate of drug-likeness (QED) is 0.135. The first-order valence-corrected chi connectivity index (χ1v) is 46.2. The van der Waals surface area contributed by atoms with Crippen LogP contribution in [0.25, 0.3) is 199 Å². The fourth-order valence-corrected chi connectivity index (χ4v) is 24.8. The van der Waals surface area contributed by atoms with E-state index in [1.807, 2.05) is 102 Å². The summed E-state index contributed by atoms with van der Waals surface area (Å²) >= 11 is 5.51. The number of aromatic nitrogens is 8. The maximum Gasteiger partial charge on any atom is 0.165 e. The molecule has 4 aliphatic rings. The van der Waals surface area contributed by atoms with Gasteiger partial charge >= 0.3 is 0 Å². The Morgan fingerprint density at radius 3 is 1.05 bits per heavy atom. The van der Waals surface area contributed by atoms with Crippen LogP contribution in [0.15, 0.2) is 437 Å². The van der Waals surface area contributed by atoms with Crippen molar-refractivity contribution in [3.05, 3.63) is 457 Å². The fourth-order valence-electron chi connectivity index (χ4n) is 21.2. The molecular formula is C118H68N8OS3. The largest absolute Gasteiger partial charge is 0.456 e. The van der Waals surface area contributed by atoms with Crippen LogP contribution in [-0.4, -0.2) is 39.9 Å². The van der Waals surface area contributed by atoms with Gasteiger partial charge in [0.1, 0.15) is 11.2 Å². The highest BCUT2D eigenvalue weighted by molar-refractivity contribution is 7.99. The van der Waals surface area contributed by atoms with E-state index in [1.54, 1.807) is 11.3 Å². The van der Waals surface area contributed by atoms with E-state index in [0.29, 0.717) is 34.9 Å². The zero-order valence-corrected chi connectivity index (χ0v) is 71.9. The van der Waals surface area contributed by atoms with Crippen molar-refractivity contribution in [1.82, 2.24) is 39.9 Å². The van der Waals surface area contributed by atoms with Crippen LogP contribution in [0, 0.1) is 0 Å². The molecule has 0 N–H and O–H groups in total. The number of nitrogens with zero attached hydrogens (tertiary/aromatic N) is 8. The van der Waals surface area contributed by atoms with Gasteiger partial charge in [-0.3, -0.25) is 0 Å². The highest BCUT2D eigenvalue weighted by Gasteiger charge is 2.52. The van der Waals surface area contributed by atoms with Crippen LogP contribution in [0.4, 0.5) is 0 Å². The van der Waals surface area contributed by atoms with E-state index in [1.165, 1.54) is 107 Å². The number of hydrogen-bond donors (Lipinski definition) is 0. The van der Waals surface area contributed by atoms with Crippen LogP contribution in [-0.2, 0) is 10.8 Å². The number of rotatable bonds is 8. The molecule has 0 saturated carbocycles. The fraction of sp³-hybridized carbons (Fsp3) is 0.0169. The summed E-state index contributed by atoms with van der Waals surface area (Å²) in [6, 6.07) is 148. The van der Waals surface area contributed by atoms with Crippen LogP contribution in [0.3, 0.4) is 0 Å². The van der Waals surface area contributed by atoms with Crippen molar-refractivity contribution in [2.24, 2.45) is 0 Å². The summed E-state index contributed by atoms with van der Waals surface area (Å²) in [6.45, 7) is 0. The molecule has 604 valence electrons. The number of benzene rings is 18. The Hall–Kier alpha value is -16.0. The molecule has 2 aliphatic heterocycles. The van der Waals surface area contributed by atoms with Crippen LogP contribution < -0.4 is 0 Å². The monoisotopic (exact) mass is 1710 g/mol. The van der Waals surface area contributed by atoms with Gasteiger partial charge in [-0.15, -0.1) is 11.3 Å². The normalized spacial score (nSPS) is 13.3. The second kappa shape index (κ2) is 29.3. The maximum absolute atomic E-state index is 6.33. The van der Waals surface area contributed by atoms with Gasteiger partial charge in [0.05, 0.1) is 33.3 Å². The SMILES string of the molecule is c1ccc(-c2nc(-c3ccc4nc(-c5ccccc5)c5cc6c(cc5c4c3)C3(c4ccccc4S6)c4ccccc4-c4ccccc43)nc(-c3cccc4c3sc3ccccc34)n2)cc1.c1ccc(-c2nc(-c3ccc4nc(-c5ccccc5)c5cc6c(cc5c4c3)C3(c4ccccc4S6)c4ccccc4-c4ccccc43)nc(-c3cccc4oc5ccccc5c34)n2)cc1. The second-order valence-corrected chi connectivity index (χ2v) is 36.9. The molecule has 12 heteroatoms. The van der Waals surface area contributed by atoms with Crippen molar-refractivity contribution in [1.29, 1.82) is 0 Å². The van der Waals surface area contributed by atoms with Gasteiger partial charge < -0.3 is 4.42 Å². The molecule has 28 rings (SSSR count). The smallest absolute Gasteiger partial charge is 0.165 e. The van der Waals surface area contributed by atoms with Crippen molar-refractivity contribution in [3.63, 3.8) is 0 Å². The Morgan fingerprint density at radius 2 is 0.562 bits per heavy atom. The lowest BCUT2D eigenvalue weighted by Crippen LogP contribution is -2.32. The molecule has 2 spiro atoms. The average Bonchev–Trinajstić information content (AvgIpc) is 1.49. The van der Waals surface area contributed by atoms with Crippen molar-refractivity contribution in [2.45, 2.75) is 30.4 Å². The van der Waals surface area contributed by atoms with E-state index in [0.717, 1.165) is 121 Å². The minimum absolute atomic E-state index is 0.514. The minimum Gasteiger partial charge on any atom is -0.456 e. The molecule has 9 nitrogen and oxygen atoms in total. The van der Waals surface area contributed by atoms with Crippen molar-refractivity contribution >= 4 is 120 Å². The van der Waals surface area contributed by atoms with Gasteiger partial charge in [-0.1, -0.05) is 339 Å². The van der Waals surface area contributed by atoms with E-state index in [4.69, 9.17) is 44.3 Å². The molecule has 0 fully saturated rings. The Morgan fingerprint density at radius 1 is 0.200 bits per heavy atom. The summed E-state index contributed by atoms with van der Waals surface area (Å²) in [5, 5.41) is 11.0. The molecule has 8 heterocycles. The number of hydrogen-bond acceptors (Lipinski definition) is 12. The third-order valence-electron chi connectivity index (χ3n) is 26.8. The molecule has 24 aromatic rings. The van der Waals surface area contributed by atoms with Gasteiger partial charge in [-0.05, 0) is 175 Å². The summed E-state index contributed by atoms with van der Waals surface area (Å²) in [5.41, 5.74) is 27.6. The summed E-state index contributed by atoms with van der Waals surface area (Å²) in [4.78, 5) is 47.4. The van der Waals surface area contributed by atoms with Gasteiger partial charge in [0, 0.05) is 117 Å². The van der Waals surface area contributed by atoms with E-state index >= 15 is 0 Å². The number of thiophene rings is 1. The average molecular weight is 1710 g/mol. The molecular weight excluding hydrogens is 1640 g/mol. The number of para-hydroxylation sites is 1. The van der Waals surface area contributed by atoms with Crippen molar-refractivity contribution < 1.29 is 4.42 Å². The summed E-state index contributed by atoms with van der Waals surface area (Å²) in [7, 11) is 0. The Bertz CT molecular complexity index is 8810. The highest BCUT2D eigenvalue weighted by atomic mass is 32.2. The second-order valence-electron chi connectivity index (χ2n) is 33.7. The molecule has 18 aromatic carbocycles. The Kier molecular flexibility index (Phi) is 16.8. The third-order valence-corrected chi connectivity index (χ3v) is 30.2. The lowest BCUT2D eigenvalue weighted by molar-refractivity contribution is 0.669. The zero-order chi connectivity index (χ0) is 85.3. The number of furan rings is 1. The summed E-state index contributed by atoms with van der Waals surface area (Å²) in [6.07, 6.45) is 0. The summed E-state index contributed by atoms with van der Waals surface area (Å²) in [5.74, 6) is 3.67. The predicted octanol–water partition coefficient (Wildman–Crippen LogP) is 30.4. The lowest BCUT2D eigenvalue weighted by Gasteiger charge is -2.40. The first kappa shape index (κ1) is 74.3. The maximum atomic E-state index is 6.33. The minimum atomic E-state index is -0.523. The summed E-state index contributed by atoms with van der Waals surface area (Å²) < 4.78 is 8.74. The Balaban J connectivity index is 0.000000134. The molecule has 0 amide bonds. The molecule has 0 radical (unpaired) electrons. The number of fused-ring (bicyclic) bond motifs is 30. The molecule has 2 aliphatic carbocycles. The third kappa shape index (κ3) is 11.3. The van der Waals surface area contributed by atoms with E-state index in [2.05, 4.69) is 334 Å². The van der Waals surface area contributed by atoms with Crippen LogP contribution >= 0.6 is 34.9 Å². The number of pyridine rings is 2. The Labute approximate surface area is 759 Å². The molecule has 0 unspecified atom stereocenters. The van der Waals surface area contributed by atoms with Crippen molar-refractivity contribution in [2.75, 3.05) is 0 Å². The predicted molar refractivity (Wildman–Crippen MR) is 532 cm³/mol. The van der Waals surface area contributed by atoms with Gasteiger partial charge in [0.15, 0.2) is 34.9 Å². The topological polar surface area (TPSA) is 116 Å². The molecule has 0 atom stereocenters. The molecule has 6 aromatic heterocycles. The zero-order valence-electron chi connectivity index (χ0n) is 69.5. The van der Waals surface area contributed by atoms with Gasteiger partial charge in [0.2, 0.25) is 0 Å². The van der Waals surface area contributed by atoms with Crippen LogP contribution in [0.2, 0.25) is 0 Å². The van der Waals surface area contributed by atoms with E-state index < -0.39 is 10.8 Å². The van der Waals surface area contributed by atoms with Crippen LogP contribution in [0.5, 0.6) is 0 Å². The molecule has 130 heavy (non-hydrogen) atoms. The first-order chi connectivity index (χ1) is 64.4. The molecule has 0 bridgehead atoms. The van der Waals surface area contributed by atoms with Crippen molar-refractivity contribution in [3.8, 4) is 113 Å². The van der Waals surface area contributed by atoms with Gasteiger partial charge in [-0.25, -0.2) is 39.9 Å².